The standard InChI is InChI=1S/C14H21NO2/c1-4-9-17-13-7-5-12(6-8-13)14(16)15-10-11(2)3/h5-8,11H,4,9-10H2,1-3H3,(H,15,16). The van der Waals surface area contributed by atoms with Gasteiger partial charge in [0.2, 0.25) is 0 Å². The molecular weight excluding hydrogens is 214 g/mol. The third-order valence-electron chi connectivity index (χ3n) is 2.26. The summed E-state index contributed by atoms with van der Waals surface area (Å²) in [4.78, 5) is 11.7. The van der Waals surface area contributed by atoms with Gasteiger partial charge in [0.1, 0.15) is 5.75 Å². The van der Waals surface area contributed by atoms with Crippen LogP contribution < -0.4 is 10.1 Å². The van der Waals surface area contributed by atoms with Gasteiger partial charge >= 0.3 is 0 Å². The monoisotopic (exact) mass is 235 g/mol. The summed E-state index contributed by atoms with van der Waals surface area (Å²) in [6.07, 6.45) is 0.983. The third kappa shape index (κ3) is 4.89. The molecule has 0 aliphatic heterocycles. The second kappa shape index (κ2) is 6.94. The van der Waals surface area contributed by atoms with Gasteiger partial charge in [0.25, 0.3) is 5.91 Å². The lowest BCUT2D eigenvalue weighted by molar-refractivity contribution is 0.0949. The molecule has 3 heteroatoms. The van der Waals surface area contributed by atoms with Crippen LogP contribution in [0.4, 0.5) is 0 Å². The van der Waals surface area contributed by atoms with Gasteiger partial charge in [-0.3, -0.25) is 4.79 Å². The van der Waals surface area contributed by atoms with Crippen LogP contribution in [0.3, 0.4) is 0 Å². The Bertz CT molecular complexity index is 344. The Labute approximate surface area is 103 Å². The maximum Gasteiger partial charge on any atom is 0.251 e. The molecule has 1 amide bonds. The molecule has 0 fully saturated rings. The van der Waals surface area contributed by atoms with E-state index in [0.717, 1.165) is 12.2 Å². The molecule has 0 atom stereocenters. The number of carbonyl (C=O) groups is 1. The third-order valence-corrected chi connectivity index (χ3v) is 2.26. The van der Waals surface area contributed by atoms with Crippen molar-refractivity contribution in [3.8, 4) is 5.75 Å². The van der Waals surface area contributed by atoms with Crippen LogP contribution in [0, 0.1) is 5.92 Å². The van der Waals surface area contributed by atoms with E-state index in [4.69, 9.17) is 4.74 Å². The van der Waals surface area contributed by atoms with Crippen molar-refractivity contribution in [1.82, 2.24) is 5.32 Å². The van der Waals surface area contributed by atoms with Crippen LogP contribution in [0.2, 0.25) is 0 Å². The van der Waals surface area contributed by atoms with Crippen LogP contribution in [0.15, 0.2) is 24.3 Å². The number of hydrogen-bond donors (Lipinski definition) is 1. The fourth-order valence-corrected chi connectivity index (χ4v) is 1.32. The number of ether oxygens (including phenoxy) is 1. The number of nitrogens with one attached hydrogen (secondary N) is 1. The molecule has 1 aromatic rings. The van der Waals surface area contributed by atoms with Gasteiger partial charge in [-0.1, -0.05) is 20.8 Å². The molecule has 0 aliphatic carbocycles. The Morgan fingerprint density at radius 1 is 1.29 bits per heavy atom. The Morgan fingerprint density at radius 3 is 2.47 bits per heavy atom. The van der Waals surface area contributed by atoms with Gasteiger partial charge in [0.15, 0.2) is 0 Å². The minimum Gasteiger partial charge on any atom is -0.494 e. The molecule has 1 N–H and O–H groups in total. The van der Waals surface area contributed by atoms with Crippen molar-refractivity contribution >= 4 is 5.91 Å². The second-order valence-electron chi connectivity index (χ2n) is 4.48. The average Bonchev–Trinajstić information content (AvgIpc) is 2.34. The first kappa shape index (κ1) is 13.6. The average molecular weight is 235 g/mol. The van der Waals surface area contributed by atoms with Crippen LogP contribution in [-0.4, -0.2) is 19.1 Å². The van der Waals surface area contributed by atoms with Gasteiger partial charge in [-0.05, 0) is 36.6 Å². The maximum absolute atomic E-state index is 11.7. The Hall–Kier alpha value is -1.51. The van der Waals surface area contributed by atoms with E-state index >= 15 is 0 Å². The SMILES string of the molecule is CCCOc1ccc(C(=O)NCC(C)C)cc1. The zero-order valence-electron chi connectivity index (χ0n) is 10.8. The minimum atomic E-state index is -0.0271. The Morgan fingerprint density at radius 2 is 1.94 bits per heavy atom. The summed E-state index contributed by atoms with van der Waals surface area (Å²) in [5.74, 6) is 1.25. The molecule has 17 heavy (non-hydrogen) atoms. The fraction of sp³-hybridized carbons (Fsp3) is 0.500. The Balaban J connectivity index is 2.51. The first-order valence-corrected chi connectivity index (χ1v) is 6.14. The summed E-state index contributed by atoms with van der Waals surface area (Å²) in [6.45, 7) is 7.61. The van der Waals surface area contributed by atoms with Crippen molar-refractivity contribution < 1.29 is 9.53 Å². The molecule has 1 aromatic carbocycles. The van der Waals surface area contributed by atoms with Gasteiger partial charge in [-0.25, -0.2) is 0 Å². The Kier molecular flexibility index (Phi) is 5.53. The lowest BCUT2D eigenvalue weighted by atomic mass is 10.2. The molecule has 0 aromatic heterocycles. The summed E-state index contributed by atoms with van der Waals surface area (Å²) in [5.41, 5.74) is 0.675. The highest BCUT2D eigenvalue weighted by atomic mass is 16.5. The van der Waals surface area contributed by atoms with E-state index in [-0.39, 0.29) is 5.91 Å². The van der Waals surface area contributed by atoms with Crippen LogP contribution in [0.1, 0.15) is 37.6 Å². The van der Waals surface area contributed by atoms with Gasteiger partial charge < -0.3 is 10.1 Å². The molecule has 0 heterocycles. The highest BCUT2D eigenvalue weighted by Gasteiger charge is 2.05. The normalized spacial score (nSPS) is 10.4. The number of carbonyl (C=O) groups excluding carboxylic acids is 1. The van der Waals surface area contributed by atoms with Crippen molar-refractivity contribution in [3.05, 3.63) is 29.8 Å². The lowest BCUT2D eigenvalue weighted by Crippen LogP contribution is -2.27. The predicted octanol–water partition coefficient (Wildman–Crippen LogP) is 2.86. The van der Waals surface area contributed by atoms with Gasteiger partial charge in [0.05, 0.1) is 6.61 Å². The van der Waals surface area contributed by atoms with Crippen LogP contribution in [0.25, 0.3) is 0 Å². The second-order valence-corrected chi connectivity index (χ2v) is 4.48. The van der Waals surface area contributed by atoms with E-state index in [0.29, 0.717) is 24.6 Å². The topological polar surface area (TPSA) is 38.3 Å². The zero-order chi connectivity index (χ0) is 12.7. The van der Waals surface area contributed by atoms with E-state index < -0.39 is 0 Å². The molecule has 1 rings (SSSR count). The molecule has 0 aliphatic rings. The molecule has 0 saturated carbocycles. The van der Waals surface area contributed by atoms with E-state index in [1.807, 2.05) is 12.1 Å². The van der Waals surface area contributed by atoms with Gasteiger partial charge in [-0.2, -0.15) is 0 Å². The van der Waals surface area contributed by atoms with Crippen molar-refractivity contribution in [2.24, 2.45) is 5.92 Å². The summed E-state index contributed by atoms with van der Waals surface area (Å²) >= 11 is 0. The minimum absolute atomic E-state index is 0.0271. The van der Waals surface area contributed by atoms with Crippen molar-refractivity contribution in [3.63, 3.8) is 0 Å². The lowest BCUT2D eigenvalue weighted by Gasteiger charge is -2.08. The quantitative estimate of drug-likeness (QED) is 0.823. The van der Waals surface area contributed by atoms with Crippen LogP contribution >= 0.6 is 0 Å². The van der Waals surface area contributed by atoms with Crippen molar-refractivity contribution in [1.29, 1.82) is 0 Å². The summed E-state index contributed by atoms with van der Waals surface area (Å²) < 4.78 is 5.46. The number of rotatable bonds is 6. The smallest absolute Gasteiger partial charge is 0.251 e. The van der Waals surface area contributed by atoms with Crippen molar-refractivity contribution in [2.75, 3.05) is 13.2 Å². The summed E-state index contributed by atoms with van der Waals surface area (Å²) in [5, 5.41) is 2.88. The van der Waals surface area contributed by atoms with Crippen LogP contribution in [-0.2, 0) is 0 Å². The molecule has 0 spiro atoms. The summed E-state index contributed by atoms with van der Waals surface area (Å²) in [6, 6.07) is 7.25. The van der Waals surface area contributed by atoms with E-state index in [1.54, 1.807) is 12.1 Å². The molecule has 0 saturated heterocycles. The highest BCUT2D eigenvalue weighted by Crippen LogP contribution is 2.12. The van der Waals surface area contributed by atoms with E-state index in [2.05, 4.69) is 26.1 Å². The number of amides is 1. The first-order chi connectivity index (χ1) is 8.13. The maximum atomic E-state index is 11.7. The summed E-state index contributed by atoms with van der Waals surface area (Å²) in [7, 11) is 0. The van der Waals surface area contributed by atoms with E-state index in [9.17, 15) is 4.79 Å². The number of benzene rings is 1. The molecule has 94 valence electrons. The molecule has 0 bridgehead atoms. The molecule has 3 nitrogen and oxygen atoms in total. The zero-order valence-corrected chi connectivity index (χ0v) is 10.8. The first-order valence-electron chi connectivity index (χ1n) is 6.14. The molecular formula is C14H21NO2. The van der Waals surface area contributed by atoms with Crippen LogP contribution in [0.5, 0.6) is 5.75 Å². The van der Waals surface area contributed by atoms with Crippen molar-refractivity contribution in [2.45, 2.75) is 27.2 Å². The van der Waals surface area contributed by atoms with E-state index in [1.165, 1.54) is 0 Å². The van der Waals surface area contributed by atoms with Gasteiger partial charge in [-0.15, -0.1) is 0 Å². The predicted molar refractivity (Wildman–Crippen MR) is 69.4 cm³/mol. The molecule has 0 unspecified atom stereocenters. The molecule has 0 radical (unpaired) electrons. The fourth-order valence-electron chi connectivity index (χ4n) is 1.32. The highest BCUT2D eigenvalue weighted by molar-refractivity contribution is 5.94. The largest absolute Gasteiger partial charge is 0.494 e. The number of hydrogen-bond acceptors (Lipinski definition) is 2. The van der Waals surface area contributed by atoms with Gasteiger partial charge in [0, 0.05) is 12.1 Å².